The zero-order valence-corrected chi connectivity index (χ0v) is 12.9. The third-order valence-corrected chi connectivity index (χ3v) is 3.34. The third kappa shape index (κ3) is 5.24. The molecule has 9 heteroatoms. The van der Waals surface area contributed by atoms with Crippen LogP contribution in [0.2, 0.25) is 0 Å². The minimum absolute atomic E-state index is 0.0667. The summed E-state index contributed by atoms with van der Waals surface area (Å²) in [7, 11) is 0. The maximum absolute atomic E-state index is 12.8. The first-order valence-electron chi connectivity index (χ1n) is 7.11. The van der Waals surface area contributed by atoms with Crippen molar-refractivity contribution in [3.8, 4) is 0 Å². The van der Waals surface area contributed by atoms with Crippen LogP contribution in [0.3, 0.4) is 0 Å². The topological polar surface area (TPSA) is 32.3 Å². The number of amides is 2. The molecule has 0 fully saturated rings. The molecule has 1 N–H and O–H groups in total. The van der Waals surface area contributed by atoms with Crippen molar-refractivity contribution in [3.63, 3.8) is 0 Å². The van der Waals surface area contributed by atoms with Gasteiger partial charge in [-0.2, -0.15) is 26.3 Å². The highest BCUT2D eigenvalue weighted by molar-refractivity contribution is 5.75. The number of urea groups is 1. The van der Waals surface area contributed by atoms with Gasteiger partial charge in [0.25, 0.3) is 0 Å². The van der Waals surface area contributed by atoms with Crippen LogP contribution in [0.1, 0.15) is 46.5 Å². The Labute approximate surface area is 126 Å². The first kappa shape index (κ1) is 20.9. The molecular weight excluding hydrogens is 314 g/mol. The summed E-state index contributed by atoms with van der Waals surface area (Å²) in [6.45, 7) is 3.79. The second-order valence-corrected chi connectivity index (χ2v) is 5.24. The maximum Gasteiger partial charge on any atom is 0.420 e. The van der Waals surface area contributed by atoms with Crippen molar-refractivity contribution in [1.29, 1.82) is 0 Å². The largest absolute Gasteiger partial charge is 0.420 e. The summed E-state index contributed by atoms with van der Waals surface area (Å²) in [5, 5.41) is 1.13. The van der Waals surface area contributed by atoms with Gasteiger partial charge in [0.15, 0.2) is 0 Å². The molecule has 0 heterocycles. The number of carbonyl (C=O) groups is 1. The molecular formula is C13H22F6N2O. The summed E-state index contributed by atoms with van der Waals surface area (Å²) < 4.78 is 76.6. The molecule has 0 radical (unpaired) electrons. The Balaban J connectivity index is 5.20. The standard InChI is InChI=1S/C13H22F6N2O/c1-4-6-8-21(9-7-5-2)10(22)20-11(3,12(14,15)16)13(17,18)19/h4-9H2,1-3H3,(H,20,22). The van der Waals surface area contributed by atoms with Gasteiger partial charge in [0.1, 0.15) is 0 Å². The summed E-state index contributed by atoms with van der Waals surface area (Å²) in [6, 6.07) is -1.35. The van der Waals surface area contributed by atoms with Crippen LogP contribution in [-0.2, 0) is 0 Å². The second kappa shape index (κ2) is 7.92. The number of hydrogen-bond acceptors (Lipinski definition) is 1. The van der Waals surface area contributed by atoms with Gasteiger partial charge in [-0.05, 0) is 19.8 Å². The molecule has 0 spiro atoms. The van der Waals surface area contributed by atoms with Gasteiger partial charge in [0, 0.05) is 13.1 Å². The van der Waals surface area contributed by atoms with E-state index < -0.39 is 23.9 Å². The molecule has 22 heavy (non-hydrogen) atoms. The lowest BCUT2D eigenvalue weighted by Crippen LogP contribution is -2.67. The fourth-order valence-corrected chi connectivity index (χ4v) is 1.61. The lowest BCUT2D eigenvalue weighted by Gasteiger charge is -2.36. The van der Waals surface area contributed by atoms with Crippen molar-refractivity contribution >= 4 is 6.03 Å². The summed E-state index contributed by atoms with van der Waals surface area (Å²) in [5.74, 6) is 0. The number of unbranched alkanes of at least 4 members (excludes halogenated alkanes) is 2. The molecule has 0 aromatic carbocycles. The molecule has 0 aromatic heterocycles. The molecule has 0 aliphatic carbocycles. The summed E-state index contributed by atoms with van der Waals surface area (Å²) in [4.78, 5) is 12.9. The van der Waals surface area contributed by atoms with Crippen LogP contribution < -0.4 is 5.32 Å². The average Bonchev–Trinajstić information content (AvgIpc) is 2.36. The summed E-state index contributed by atoms with van der Waals surface area (Å²) in [6.07, 6.45) is -8.92. The van der Waals surface area contributed by atoms with E-state index in [1.54, 1.807) is 0 Å². The van der Waals surface area contributed by atoms with Crippen LogP contribution in [-0.4, -0.2) is 41.9 Å². The van der Waals surface area contributed by atoms with Gasteiger partial charge in [-0.25, -0.2) is 4.79 Å². The molecule has 132 valence electrons. The Kier molecular flexibility index (Phi) is 7.50. The highest BCUT2D eigenvalue weighted by atomic mass is 19.4. The van der Waals surface area contributed by atoms with E-state index in [-0.39, 0.29) is 20.0 Å². The van der Waals surface area contributed by atoms with Crippen LogP contribution in [0.25, 0.3) is 0 Å². The van der Waals surface area contributed by atoms with E-state index in [2.05, 4.69) is 0 Å². The molecule has 0 rings (SSSR count). The lowest BCUT2D eigenvalue weighted by molar-refractivity contribution is -0.298. The van der Waals surface area contributed by atoms with Crippen molar-refractivity contribution in [2.24, 2.45) is 0 Å². The van der Waals surface area contributed by atoms with Crippen molar-refractivity contribution in [3.05, 3.63) is 0 Å². The Bertz CT molecular complexity index is 331. The number of rotatable bonds is 7. The van der Waals surface area contributed by atoms with E-state index in [1.165, 1.54) is 0 Å². The predicted molar refractivity (Wildman–Crippen MR) is 70.4 cm³/mol. The number of halogens is 6. The van der Waals surface area contributed by atoms with Gasteiger partial charge < -0.3 is 10.2 Å². The SMILES string of the molecule is CCCCN(CCCC)C(=O)NC(C)(C(F)(F)F)C(F)(F)F. The summed E-state index contributed by atoms with van der Waals surface area (Å²) >= 11 is 0. The van der Waals surface area contributed by atoms with Crippen LogP contribution in [0.5, 0.6) is 0 Å². The number of nitrogens with one attached hydrogen (secondary N) is 1. The molecule has 0 atom stereocenters. The normalized spacial score (nSPS) is 13.1. The predicted octanol–water partition coefficient (Wildman–Crippen LogP) is 4.48. The highest BCUT2D eigenvalue weighted by Crippen LogP contribution is 2.42. The first-order chi connectivity index (χ1) is 9.90. The van der Waals surface area contributed by atoms with Gasteiger partial charge in [0.2, 0.25) is 5.54 Å². The molecule has 0 saturated heterocycles. The van der Waals surface area contributed by atoms with E-state index in [1.807, 2.05) is 13.8 Å². The van der Waals surface area contributed by atoms with Crippen molar-refractivity contribution < 1.29 is 31.1 Å². The van der Waals surface area contributed by atoms with Gasteiger partial charge in [-0.15, -0.1) is 0 Å². The van der Waals surface area contributed by atoms with Crippen LogP contribution in [0, 0.1) is 0 Å². The van der Waals surface area contributed by atoms with Crippen LogP contribution in [0.4, 0.5) is 31.1 Å². The Morgan fingerprint density at radius 2 is 1.27 bits per heavy atom. The third-order valence-electron chi connectivity index (χ3n) is 3.34. The molecule has 0 aliphatic rings. The average molecular weight is 336 g/mol. The van der Waals surface area contributed by atoms with E-state index in [4.69, 9.17) is 0 Å². The van der Waals surface area contributed by atoms with E-state index >= 15 is 0 Å². The van der Waals surface area contributed by atoms with Crippen LogP contribution >= 0.6 is 0 Å². The molecule has 2 amide bonds. The number of carbonyl (C=O) groups excluding carboxylic acids is 1. The molecule has 0 saturated carbocycles. The fraction of sp³-hybridized carbons (Fsp3) is 0.923. The zero-order chi connectivity index (χ0) is 17.6. The Morgan fingerprint density at radius 3 is 1.55 bits per heavy atom. The lowest BCUT2D eigenvalue weighted by atomic mass is 10.0. The summed E-state index contributed by atoms with van der Waals surface area (Å²) in [5.41, 5.74) is -4.27. The number of alkyl halides is 6. The van der Waals surface area contributed by atoms with Gasteiger partial charge in [-0.1, -0.05) is 26.7 Å². The first-order valence-corrected chi connectivity index (χ1v) is 7.11. The van der Waals surface area contributed by atoms with Gasteiger partial charge in [0.05, 0.1) is 0 Å². The highest BCUT2D eigenvalue weighted by Gasteiger charge is 2.68. The fourth-order valence-electron chi connectivity index (χ4n) is 1.61. The molecule has 0 aromatic rings. The number of nitrogens with zero attached hydrogens (tertiary/aromatic N) is 1. The monoisotopic (exact) mass is 336 g/mol. The van der Waals surface area contributed by atoms with Crippen molar-refractivity contribution in [2.45, 2.75) is 64.3 Å². The smallest absolute Gasteiger partial charge is 0.325 e. The van der Waals surface area contributed by atoms with Crippen molar-refractivity contribution in [1.82, 2.24) is 10.2 Å². The maximum atomic E-state index is 12.8. The van der Waals surface area contributed by atoms with Gasteiger partial charge in [-0.3, -0.25) is 0 Å². The molecule has 0 unspecified atom stereocenters. The molecule has 3 nitrogen and oxygen atoms in total. The van der Waals surface area contributed by atoms with E-state index in [0.29, 0.717) is 25.7 Å². The van der Waals surface area contributed by atoms with Crippen molar-refractivity contribution in [2.75, 3.05) is 13.1 Å². The minimum atomic E-state index is -5.64. The molecule has 0 aliphatic heterocycles. The van der Waals surface area contributed by atoms with Gasteiger partial charge >= 0.3 is 18.4 Å². The van der Waals surface area contributed by atoms with E-state index in [0.717, 1.165) is 10.2 Å². The Morgan fingerprint density at radius 1 is 0.909 bits per heavy atom. The number of hydrogen-bond donors (Lipinski definition) is 1. The zero-order valence-electron chi connectivity index (χ0n) is 12.9. The Hall–Kier alpha value is -1.15. The molecule has 0 bridgehead atoms. The quantitative estimate of drug-likeness (QED) is 0.683. The minimum Gasteiger partial charge on any atom is -0.325 e. The second-order valence-electron chi connectivity index (χ2n) is 5.24. The van der Waals surface area contributed by atoms with E-state index in [9.17, 15) is 31.1 Å². The van der Waals surface area contributed by atoms with Crippen LogP contribution in [0.15, 0.2) is 0 Å².